The van der Waals surface area contributed by atoms with Crippen LogP contribution in [-0.2, 0) is 0 Å². The van der Waals surface area contributed by atoms with E-state index in [4.69, 9.17) is 5.73 Å². The number of rotatable bonds is 5. The summed E-state index contributed by atoms with van der Waals surface area (Å²) < 4.78 is 0. The van der Waals surface area contributed by atoms with E-state index in [0.717, 1.165) is 29.5 Å². The number of carbonyl (C=O) groups excluding carboxylic acids is 1. The molecule has 3 nitrogen and oxygen atoms in total. The molecule has 3 N–H and O–H groups in total. The van der Waals surface area contributed by atoms with E-state index in [2.05, 4.69) is 12.2 Å². The summed E-state index contributed by atoms with van der Waals surface area (Å²) in [5.74, 6) is 0.0147. The lowest BCUT2D eigenvalue weighted by molar-refractivity contribution is 0.0933. The average molecular weight is 234 g/mol. The fourth-order valence-electron chi connectivity index (χ4n) is 2.01. The van der Waals surface area contributed by atoms with Gasteiger partial charge in [0.25, 0.3) is 5.91 Å². The molecule has 1 unspecified atom stereocenters. The van der Waals surface area contributed by atoms with E-state index < -0.39 is 0 Å². The number of carbonyl (C=O) groups is 1. The van der Waals surface area contributed by atoms with Crippen molar-refractivity contribution in [2.75, 3.05) is 6.54 Å². The van der Waals surface area contributed by atoms with Crippen molar-refractivity contribution in [1.82, 2.24) is 5.32 Å². The summed E-state index contributed by atoms with van der Waals surface area (Å²) in [6, 6.07) is 6.07. The quantitative estimate of drug-likeness (QED) is 0.820. The van der Waals surface area contributed by atoms with Crippen LogP contribution in [0, 0.1) is 13.8 Å². The maximum Gasteiger partial charge on any atom is 0.252 e. The molecule has 0 saturated carbocycles. The van der Waals surface area contributed by atoms with Gasteiger partial charge in [-0.3, -0.25) is 4.79 Å². The van der Waals surface area contributed by atoms with Crippen molar-refractivity contribution in [3.05, 3.63) is 34.9 Å². The summed E-state index contributed by atoms with van der Waals surface area (Å²) in [6.45, 7) is 6.59. The maximum atomic E-state index is 12.2. The Labute approximate surface area is 103 Å². The Balaban J connectivity index is 2.82. The van der Waals surface area contributed by atoms with Crippen LogP contribution in [0.4, 0.5) is 0 Å². The fourth-order valence-corrected chi connectivity index (χ4v) is 2.01. The van der Waals surface area contributed by atoms with Crippen LogP contribution in [0.5, 0.6) is 0 Å². The summed E-state index contributed by atoms with van der Waals surface area (Å²) >= 11 is 0. The van der Waals surface area contributed by atoms with Crippen LogP contribution in [0.3, 0.4) is 0 Å². The second kappa shape index (κ2) is 6.40. The van der Waals surface area contributed by atoms with Crippen LogP contribution < -0.4 is 11.1 Å². The van der Waals surface area contributed by atoms with E-state index in [0.29, 0.717) is 6.54 Å². The predicted molar refractivity (Wildman–Crippen MR) is 71.1 cm³/mol. The lowest BCUT2D eigenvalue weighted by Crippen LogP contribution is -2.36. The molecule has 0 aliphatic carbocycles. The van der Waals surface area contributed by atoms with Gasteiger partial charge in [0.15, 0.2) is 0 Å². The van der Waals surface area contributed by atoms with Gasteiger partial charge in [0.05, 0.1) is 0 Å². The van der Waals surface area contributed by atoms with Gasteiger partial charge in [0.2, 0.25) is 0 Å². The van der Waals surface area contributed by atoms with Crippen molar-refractivity contribution in [3.8, 4) is 0 Å². The molecule has 0 aliphatic heterocycles. The van der Waals surface area contributed by atoms with Crippen molar-refractivity contribution in [3.63, 3.8) is 0 Å². The van der Waals surface area contributed by atoms with E-state index in [1.807, 2.05) is 32.0 Å². The Morgan fingerprint density at radius 1 is 1.35 bits per heavy atom. The molecule has 0 heterocycles. The van der Waals surface area contributed by atoms with Crippen LogP contribution >= 0.6 is 0 Å². The standard InChI is InChI=1S/C14H22N2O/c1-4-12(8-9-15)16-14(17)13-10(2)6-5-7-11(13)3/h5-7,12H,4,8-9,15H2,1-3H3,(H,16,17). The Kier molecular flexibility index (Phi) is 5.16. The topological polar surface area (TPSA) is 55.1 Å². The number of hydrogen-bond donors (Lipinski definition) is 2. The zero-order chi connectivity index (χ0) is 12.8. The molecule has 0 aliphatic rings. The molecule has 1 aromatic rings. The second-order valence-corrected chi connectivity index (χ2v) is 4.42. The molecular formula is C14H22N2O. The molecular weight excluding hydrogens is 212 g/mol. The van der Waals surface area contributed by atoms with E-state index in [1.54, 1.807) is 0 Å². The van der Waals surface area contributed by atoms with Crippen LogP contribution in [0.2, 0.25) is 0 Å². The Hall–Kier alpha value is -1.35. The van der Waals surface area contributed by atoms with Crippen molar-refractivity contribution in [2.45, 2.75) is 39.7 Å². The van der Waals surface area contributed by atoms with E-state index in [1.165, 1.54) is 0 Å². The Morgan fingerprint density at radius 2 is 1.94 bits per heavy atom. The van der Waals surface area contributed by atoms with Crippen LogP contribution in [0.15, 0.2) is 18.2 Å². The third-order valence-electron chi connectivity index (χ3n) is 3.05. The second-order valence-electron chi connectivity index (χ2n) is 4.42. The smallest absolute Gasteiger partial charge is 0.252 e. The largest absolute Gasteiger partial charge is 0.349 e. The summed E-state index contributed by atoms with van der Waals surface area (Å²) in [4.78, 5) is 12.2. The van der Waals surface area contributed by atoms with Gasteiger partial charge in [0, 0.05) is 11.6 Å². The number of benzene rings is 1. The van der Waals surface area contributed by atoms with Gasteiger partial charge in [-0.2, -0.15) is 0 Å². The average Bonchev–Trinajstić information content (AvgIpc) is 2.28. The van der Waals surface area contributed by atoms with E-state index >= 15 is 0 Å². The highest BCUT2D eigenvalue weighted by Crippen LogP contribution is 2.13. The molecule has 94 valence electrons. The SMILES string of the molecule is CCC(CCN)NC(=O)c1c(C)cccc1C. The molecule has 0 bridgehead atoms. The summed E-state index contributed by atoms with van der Waals surface area (Å²) in [7, 11) is 0. The third kappa shape index (κ3) is 3.56. The van der Waals surface area contributed by atoms with Crippen molar-refractivity contribution >= 4 is 5.91 Å². The summed E-state index contributed by atoms with van der Waals surface area (Å²) in [5.41, 5.74) is 8.36. The molecule has 3 heteroatoms. The normalized spacial score (nSPS) is 12.2. The van der Waals surface area contributed by atoms with E-state index in [9.17, 15) is 4.79 Å². The van der Waals surface area contributed by atoms with Gasteiger partial charge < -0.3 is 11.1 Å². The molecule has 0 fully saturated rings. The predicted octanol–water partition coefficient (Wildman–Crippen LogP) is 2.16. The molecule has 0 spiro atoms. The minimum atomic E-state index is 0.0147. The lowest BCUT2D eigenvalue weighted by Gasteiger charge is -2.17. The minimum absolute atomic E-state index is 0.0147. The highest BCUT2D eigenvalue weighted by atomic mass is 16.1. The van der Waals surface area contributed by atoms with Gasteiger partial charge in [-0.1, -0.05) is 25.1 Å². The Bertz CT molecular complexity index is 368. The highest BCUT2D eigenvalue weighted by molar-refractivity contribution is 5.97. The number of nitrogens with two attached hydrogens (primary N) is 1. The summed E-state index contributed by atoms with van der Waals surface area (Å²) in [6.07, 6.45) is 1.74. The fraction of sp³-hybridized carbons (Fsp3) is 0.500. The third-order valence-corrected chi connectivity index (χ3v) is 3.05. The minimum Gasteiger partial charge on any atom is -0.349 e. The van der Waals surface area contributed by atoms with Gasteiger partial charge in [-0.05, 0) is 44.4 Å². The van der Waals surface area contributed by atoms with E-state index in [-0.39, 0.29) is 11.9 Å². The zero-order valence-electron chi connectivity index (χ0n) is 10.9. The first-order chi connectivity index (χ1) is 8.10. The number of amides is 1. The van der Waals surface area contributed by atoms with Gasteiger partial charge in [-0.25, -0.2) is 0 Å². The number of nitrogens with one attached hydrogen (secondary N) is 1. The number of hydrogen-bond acceptors (Lipinski definition) is 2. The summed E-state index contributed by atoms with van der Waals surface area (Å²) in [5, 5.41) is 3.05. The monoisotopic (exact) mass is 234 g/mol. The molecule has 1 rings (SSSR count). The van der Waals surface area contributed by atoms with Gasteiger partial charge in [0.1, 0.15) is 0 Å². The molecule has 1 amide bonds. The molecule has 0 aromatic heterocycles. The van der Waals surface area contributed by atoms with Crippen LogP contribution in [-0.4, -0.2) is 18.5 Å². The van der Waals surface area contributed by atoms with Gasteiger partial charge in [-0.15, -0.1) is 0 Å². The first-order valence-electron chi connectivity index (χ1n) is 6.17. The van der Waals surface area contributed by atoms with Crippen LogP contribution in [0.1, 0.15) is 41.3 Å². The molecule has 17 heavy (non-hydrogen) atoms. The van der Waals surface area contributed by atoms with Crippen molar-refractivity contribution < 1.29 is 4.79 Å². The van der Waals surface area contributed by atoms with Crippen molar-refractivity contribution in [1.29, 1.82) is 0 Å². The molecule has 0 saturated heterocycles. The highest BCUT2D eigenvalue weighted by Gasteiger charge is 2.15. The van der Waals surface area contributed by atoms with Crippen LogP contribution in [0.25, 0.3) is 0 Å². The molecule has 1 atom stereocenters. The Morgan fingerprint density at radius 3 is 2.41 bits per heavy atom. The molecule has 1 aromatic carbocycles. The zero-order valence-corrected chi connectivity index (χ0v) is 10.9. The first-order valence-corrected chi connectivity index (χ1v) is 6.17. The van der Waals surface area contributed by atoms with Gasteiger partial charge >= 0.3 is 0 Å². The molecule has 0 radical (unpaired) electrons. The maximum absolute atomic E-state index is 12.2. The number of aryl methyl sites for hydroxylation is 2. The first kappa shape index (κ1) is 13.7. The van der Waals surface area contributed by atoms with Crippen molar-refractivity contribution in [2.24, 2.45) is 5.73 Å². The lowest BCUT2D eigenvalue weighted by atomic mass is 10.0.